The SMILES string of the molecule is CCN(CC)c1ccc(/N=C2/C(C)=Nn3c2nc(-c2ccccn2)c3C(=O)OC)c(C)c1. The second-order valence-corrected chi connectivity index (χ2v) is 7.44. The molecule has 0 radical (unpaired) electrons. The van der Waals surface area contributed by atoms with Crippen LogP contribution in [-0.2, 0) is 4.74 Å². The molecule has 1 aliphatic heterocycles. The fourth-order valence-corrected chi connectivity index (χ4v) is 3.79. The molecule has 4 rings (SSSR count). The highest BCUT2D eigenvalue weighted by Gasteiger charge is 2.32. The van der Waals surface area contributed by atoms with Crippen molar-refractivity contribution in [2.24, 2.45) is 10.1 Å². The minimum Gasteiger partial charge on any atom is -0.464 e. The molecular formula is C24H26N6O2. The summed E-state index contributed by atoms with van der Waals surface area (Å²) in [4.78, 5) is 28.8. The van der Waals surface area contributed by atoms with Gasteiger partial charge >= 0.3 is 5.97 Å². The number of anilines is 1. The Morgan fingerprint density at radius 3 is 2.56 bits per heavy atom. The van der Waals surface area contributed by atoms with Gasteiger partial charge in [0.05, 0.1) is 24.2 Å². The molecular weight excluding hydrogens is 404 g/mol. The van der Waals surface area contributed by atoms with Gasteiger partial charge in [-0.1, -0.05) is 6.07 Å². The summed E-state index contributed by atoms with van der Waals surface area (Å²) < 4.78 is 6.51. The van der Waals surface area contributed by atoms with E-state index in [1.165, 1.54) is 17.5 Å². The van der Waals surface area contributed by atoms with Crippen LogP contribution in [0.4, 0.5) is 11.4 Å². The first-order chi connectivity index (χ1) is 15.5. The highest BCUT2D eigenvalue weighted by Crippen LogP contribution is 2.30. The molecule has 8 heteroatoms. The topological polar surface area (TPSA) is 85.0 Å². The van der Waals surface area contributed by atoms with Crippen molar-refractivity contribution in [1.29, 1.82) is 0 Å². The molecule has 0 N–H and O–H groups in total. The summed E-state index contributed by atoms with van der Waals surface area (Å²) in [5, 5.41) is 4.55. The van der Waals surface area contributed by atoms with Crippen LogP contribution in [0, 0.1) is 6.92 Å². The van der Waals surface area contributed by atoms with Gasteiger partial charge in [0.15, 0.2) is 11.5 Å². The lowest BCUT2D eigenvalue weighted by Gasteiger charge is -2.21. The number of aryl methyl sites for hydroxylation is 1. The molecule has 2 aromatic heterocycles. The molecule has 0 fully saturated rings. The van der Waals surface area contributed by atoms with Gasteiger partial charge in [0.25, 0.3) is 0 Å². The largest absolute Gasteiger partial charge is 0.464 e. The van der Waals surface area contributed by atoms with E-state index in [4.69, 9.17) is 14.7 Å². The summed E-state index contributed by atoms with van der Waals surface area (Å²) in [6.45, 7) is 10.1. The molecule has 0 bridgehead atoms. The van der Waals surface area contributed by atoms with Gasteiger partial charge in [0.1, 0.15) is 11.4 Å². The fraction of sp³-hybridized carbons (Fsp3) is 0.292. The summed E-state index contributed by atoms with van der Waals surface area (Å²) in [5.41, 5.74) is 5.58. The lowest BCUT2D eigenvalue weighted by Crippen LogP contribution is -2.21. The molecule has 0 saturated heterocycles. The molecule has 8 nitrogen and oxygen atoms in total. The molecule has 0 amide bonds. The van der Waals surface area contributed by atoms with Gasteiger partial charge in [-0.05, 0) is 63.6 Å². The third kappa shape index (κ3) is 3.68. The Morgan fingerprint density at radius 1 is 1.16 bits per heavy atom. The summed E-state index contributed by atoms with van der Waals surface area (Å²) in [6, 6.07) is 11.7. The molecule has 32 heavy (non-hydrogen) atoms. The third-order valence-corrected chi connectivity index (χ3v) is 5.49. The van der Waals surface area contributed by atoms with E-state index in [-0.39, 0.29) is 5.69 Å². The lowest BCUT2D eigenvalue weighted by atomic mass is 10.1. The van der Waals surface area contributed by atoms with Crippen LogP contribution in [0.15, 0.2) is 52.7 Å². The predicted octanol–water partition coefficient (Wildman–Crippen LogP) is 4.24. The molecule has 0 unspecified atom stereocenters. The third-order valence-electron chi connectivity index (χ3n) is 5.49. The number of rotatable bonds is 6. The number of carbonyl (C=O) groups is 1. The Bertz CT molecular complexity index is 1220. The van der Waals surface area contributed by atoms with Crippen LogP contribution in [0.1, 0.15) is 42.6 Å². The highest BCUT2D eigenvalue weighted by molar-refractivity contribution is 6.48. The molecule has 1 aromatic carbocycles. The molecule has 0 aliphatic carbocycles. The number of aliphatic imine (C=N–C) groups is 1. The van der Waals surface area contributed by atoms with E-state index in [9.17, 15) is 4.79 Å². The smallest absolute Gasteiger partial charge is 0.359 e. The number of esters is 1. The maximum atomic E-state index is 12.6. The Morgan fingerprint density at radius 2 is 1.94 bits per heavy atom. The number of imidazole rings is 1. The molecule has 0 spiro atoms. The van der Waals surface area contributed by atoms with Crippen LogP contribution in [0.5, 0.6) is 0 Å². The van der Waals surface area contributed by atoms with E-state index in [0.717, 1.165) is 24.3 Å². The maximum Gasteiger partial charge on any atom is 0.359 e. The molecule has 0 saturated carbocycles. The maximum absolute atomic E-state index is 12.6. The monoisotopic (exact) mass is 430 g/mol. The summed E-state index contributed by atoms with van der Waals surface area (Å²) in [5.74, 6) is -0.0299. The number of fused-ring (bicyclic) bond motifs is 1. The van der Waals surface area contributed by atoms with Crippen molar-refractivity contribution in [2.75, 3.05) is 25.1 Å². The van der Waals surface area contributed by atoms with E-state index in [2.05, 4.69) is 41.0 Å². The second-order valence-electron chi connectivity index (χ2n) is 7.44. The quantitative estimate of drug-likeness (QED) is 0.546. The van der Waals surface area contributed by atoms with Crippen LogP contribution in [0.3, 0.4) is 0 Å². The zero-order chi connectivity index (χ0) is 22.8. The minimum atomic E-state index is -0.526. The Balaban J connectivity index is 1.82. The highest BCUT2D eigenvalue weighted by atomic mass is 16.5. The van der Waals surface area contributed by atoms with Gasteiger partial charge in [0.2, 0.25) is 0 Å². The first-order valence-corrected chi connectivity index (χ1v) is 10.6. The average Bonchev–Trinajstić information content (AvgIpc) is 3.31. The number of nitrogens with zero attached hydrogens (tertiary/aromatic N) is 6. The number of ether oxygens (including phenoxy) is 1. The van der Waals surface area contributed by atoms with Crippen LogP contribution in [0.25, 0.3) is 11.4 Å². The lowest BCUT2D eigenvalue weighted by molar-refractivity contribution is 0.0590. The van der Waals surface area contributed by atoms with Crippen molar-refractivity contribution in [1.82, 2.24) is 14.6 Å². The molecule has 0 atom stereocenters. The Labute approximate surface area is 187 Å². The summed E-state index contributed by atoms with van der Waals surface area (Å²) >= 11 is 0. The van der Waals surface area contributed by atoms with Crippen LogP contribution in [-0.4, -0.2) is 52.2 Å². The van der Waals surface area contributed by atoms with Gasteiger partial charge in [-0.25, -0.2) is 19.4 Å². The van der Waals surface area contributed by atoms with Crippen molar-refractivity contribution < 1.29 is 9.53 Å². The number of benzene rings is 1. The summed E-state index contributed by atoms with van der Waals surface area (Å²) in [6.07, 6.45) is 1.66. The number of pyridine rings is 1. The first kappa shape index (κ1) is 21.4. The number of hydrogen-bond acceptors (Lipinski definition) is 7. The normalized spacial score (nSPS) is 13.8. The van der Waals surface area contributed by atoms with Crippen molar-refractivity contribution in [3.05, 3.63) is 59.7 Å². The van der Waals surface area contributed by atoms with E-state index in [1.54, 1.807) is 12.3 Å². The predicted molar refractivity (Wildman–Crippen MR) is 126 cm³/mol. The average molecular weight is 431 g/mol. The van der Waals surface area contributed by atoms with Gasteiger partial charge in [0, 0.05) is 25.0 Å². The van der Waals surface area contributed by atoms with Crippen molar-refractivity contribution in [3.63, 3.8) is 0 Å². The van der Waals surface area contributed by atoms with Gasteiger partial charge in [-0.2, -0.15) is 5.10 Å². The van der Waals surface area contributed by atoms with Crippen molar-refractivity contribution in [3.8, 4) is 11.4 Å². The van der Waals surface area contributed by atoms with E-state index in [1.807, 2.05) is 32.0 Å². The molecule has 3 aromatic rings. The molecule has 164 valence electrons. The zero-order valence-electron chi connectivity index (χ0n) is 19.0. The van der Waals surface area contributed by atoms with Gasteiger partial charge in [-0.15, -0.1) is 0 Å². The van der Waals surface area contributed by atoms with Gasteiger partial charge in [-0.3, -0.25) is 4.98 Å². The number of carbonyl (C=O) groups excluding carboxylic acids is 1. The van der Waals surface area contributed by atoms with Gasteiger partial charge < -0.3 is 9.64 Å². The van der Waals surface area contributed by atoms with Crippen LogP contribution < -0.4 is 4.90 Å². The summed E-state index contributed by atoms with van der Waals surface area (Å²) in [7, 11) is 1.34. The van der Waals surface area contributed by atoms with Crippen molar-refractivity contribution >= 4 is 28.8 Å². The van der Waals surface area contributed by atoms with E-state index < -0.39 is 5.97 Å². The molecule has 3 heterocycles. The van der Waals surface area contributed by atoms with Crippen LogP contribution >= 0.6 is 0 Å². The molecule has 1 aliphatic rings. The van der Waals surface area contributed by atoms with Crippen LogP contribution in [0.2, 0.25) is 0 Å². The standard InChI is InChI=1S/C24H26N6O2/c1-6-29(7-2)17-11-12-18(15(3)14-17)26-20-16(4)28-30-22(24(31)32-5)21(27-23(20)30)19-10-8-9-13-25-19/h8-14H,6-7H2,1-5H3/b26-20-. The number of methoxy groups -OCH3 is 1. The number of hydrogen-bond donors (Lipinski definition) is 0. The zero-order valence-corrected chi connectivity index (χ0v) is 19.0. The van der Waals surface area contributed by atoms with E-state index >= 15 is 0 Å². The fourth-order valence-electron chi connectivity index (χ4n) is 3.79. The second kappa shape index (κ2) is 8.74. The Hall–Kier alpha value is -3.81. The Kier molecular flexibility index (Phi) is 5.85. The first-order valence-electron chi connectivity index (χ1n) is 10.6. The minimum absolute atomic E-state index is 0.236. The van der Waals surface area contributed by atoms with E-state index in [0.29, 0.717) is 28.6 Å². The van der Waals surface area contributed by atoms with Crippen molar-refractivity contribution in [2.45, 2.75) is 27.7 Å². The number of aromatic nitrogens is 3.